The molecule has 0 aliphatic heterocycles. The number of hydrogen-bond acceptors (Lipinski definition) is 2. The minimum Gasteiger partial charge on any atom is -0.460 e. The van der Waals surface area contributed by atoms with Crippen molar-refractivity contribution in [2.24, 2.45) is 0 Å². The SMILES string of the molecule is CC(C)=CCC/C(C)=C/C(=O)OC(C)C. The zero-order chi connectivity index (χ0) is 11.8. The average Bonchev–Trinajstić information content (AvgIpc) is 2.00. The van der Waals surface area contributed by atoms with E-state index in [0.29, 0.717) is 0 Å². The van der Waals surface area contributed by atoms with Crippen molar-refractivity contribution in [2.45, 2.75) is 53.6 Å². The summed E-state index contributed by atoms with van der Waals surface area (Å²) in [7, 11) is 0. The number of carbonyl (C=O) groups excluding carboxylic acids is 1. The molecule has 0 radical (unpaired) electrons. The molecule has 0 aliphatic carbocycles. The van der Waals surface area contributed by atoms with Crippen LogP contribution < -0.4 is 0 Å². The van der Waals surface area contributed by atoms with Crippen LogP contribution >= 0.6 is 0 Å². The van der Waals surface area contributed by atoms with Crippen LogP contribution in [0.3, 0.4) is 0 Å². The lowest BCUT2D eigenvalue weighted by Crippen LogP contribution is -2.08. The van der Waals surface area contributed by atoms with E-state index in [2.05, 4.69) is 19.9 Å². The molecule has 0 aliphatic rings. The molecular formula is C13H22O2. The van der Waals surface area contributed by atoms with Gasteiger partial charge in [-0.15, -0.1) is 0 Å². The Morgan fingerprint density at radius 2 is 1.87 bits per heavy atom. The standard InChI is InChI=1S/C13H22O2/c1-10(2)7-6-8-12(5)9-13(14)15-11(3)4/h7,9,11H,6,8H2,1-5H3/b12-9+. The highest BCUT2D eigenvalue weighted by atomic mass is 16.5. The molecule has 0 unspecified atom stereocenters. The van der Waals surface area contributed by atoms with E-state index in [1.165, 1.54) is 5.57 Å². The maximum Gasteiger partial charge on any atom is 0.330 e. The fourth-order valence-electron chi connectivity index (χ4n) is 1.13. The summed E-state index contributed by atoms with van der Waals surface area (Å²) in [6.07, 6.45) is 5.61. The zero-order valence-electron chi connectivity index (χ0n) is 10.5. The van der Waals surface area contributed by atoms with Gasteiger partial charge in [0.05, 0.1) is 6.10 Å². The summed E-state index contributed by atoms with van der Waals surface area (Å²) in [5, 5.41) is 0. The first-order chi connectivity index (χ1) is 6.91. The second kappa shape index (κ2) is 7.27. The number of rotatable bonds is 5. The van der Waals surface area contributed by atoms with Gasteiger partial charge in [0.15, 0.2) is 0 Å². The van der Waals surface area contributed by atoms with Gasteiger partial charge in [0.1, 0.15) is 0 Å². The van der Waals surface area contributed by atoms with Crippen molar-refractivity contribution in [1.82, 2.24) is 0 Å². The molecule has 0 bridgehead atoms. The molecule has 15 heavy (non-hydrogen) atoms. The summed E-state index contributed by atoms with van der Waals surface area (Å²) in [6.45, 7) is 9.81. The van der Waals surface area contributed by atoms with E-state index in [1.54, 1.807) is 6.08 Å². The fourth-order valence-corrected chi connectivity index (χ4v) is 1.13. The molecule has 0 rings (SSSR count). The molecule has 0 aromatic heterocycles. The average molecular weight is 210 g/mol. The monoisotopic (exact) mass is 210 g/mol. The molecule has 0 N–H and O–H groups in total. The number of hydrogen-bond donors (Lipinski definition) is 0. The molecule has 0 saturated heterocycles. The summed E-state index contributed by atoms with van der Waals surface area (Å²) in [5.74, 6) is -0.236. The molecule has 0 spiro atoms. The fraction of sp³-hybridized carbons (Fsp3) is 0.615. The van der Waals surface area contributed by atoms with Crippen LogP contribution in [0, 0.1) is 0 Å². The van der Waals surface area contributed by atoms with Crippen LogP contribution in [-0.4, -0.2) is 12.1 Å². The van der Waals surface area contributed by atoms with E-state index in [-0.39, 0.29) is 12.1 Å². The zero-order valence-corrected chi connectivity index (χ0v) is 10.5. The summed E-state index contributed by atoms with van der Waals surface area (Å²) in [4.78, 5) is 11.2. The Morgan fingerprint density at radius 1 is 1.27 bits per heavy atom. The van der Waals surface area contributed by atoms with Gasteiger partial charge in [0.2, 0.25) is 0 Å². The molecule has 0 aromatic carbocycles. The van der Waals surface area contributed by atoms with E-state index < -0.39 is 0 Å². The van der Waals surface area contributed by atoms with Crippen molar-refractivity contribution in [3.05, 3.63) is 23.3 Å². The summed E-state index contributed by atoms with van der Waals surface area (Å²) >= 11 is 0. The quantitative estimate of drug-likeness (QED) is 0.393. The van der Waals surface area contributed by atoms with Crippen LogP contribution in [0.4, 0.5) is 0 Å². The minimum absolute atomic E-state index is 0.0423. The van der Waals surface area contributed by atoms with Crippen molar-refractivity contribution in [3.8, 4) is 0 Å². The van der Waals surface area contributed by atoms with Crippen LogP contribution in [0.1, 0.15) is 47.5 Å². The van der Waals surface area contributed by atoms with Crippen molar-refractivity contribution >= 4 is 5.97 Å². The molecule has 0 atom stereocenters. The largest absolute Gasteiger partial charge is 0.460 e. The maximum atomic E-state index is 11.2. The van der Waals surface area contributed by atoms with Gasteiger partial charge in [-0.3, -0.25) is 0 Å². The highest BCUT2D eigenvalue weighted by Crippen LogP contribution is 2.07. The van der Waals surface area contributed by atoms with Crippen molar-refractivity contribution in [3.63, 3.8) is 0 Å². The summed E-state index contributed by atoms with van der Waals surface area (Å²) in [5.41, 5.74) is 2.38. The Kier molecular flexibility index (Phi) is 6.76. The van der Waals surface area contributed by atoms with Gasteiger partial charge in [-0.25, -0.2) is 4.79 Å². The lowest BCUT2D eigenvalue weighted by atomic mass is 10.1. The summed E-state index contributed by atoms with van der Waals surface area (Å²) < 4.78 is 5.02. The smallest absolute Gasteiger partial charge is 0.330 e. The second-order valence-electron chi connectivity index (χ2n) is 4.30. The Hall–Kier alpha value is -1.05. The van der Waals surface area contributed by atoms with E-state index in [4.69, 9.17) is 4.74 Å². The second-order valence-corrected chi connectivity index (χ2v) is 4.30. The Morgan fingerprint density at radius 3 is 2.33 bits per heavy atom. The number of esters is 1. The third kappa shape index (κ3) is 9.26. The van der Waals surface area contributed by atoms with E-state index in [9.17, 15) is 4.79 Å². The van der Waals surface area contributed by atoms with Gasteiger partial charge in [-0.1, -0.05) is 17.2 Å². The van der Waals surface area contributed by atoms with Crippen molar-refractivity contribution < 1.29 is 9.53 Å². The van der Waals surface area contributed by atoms with Crippen molar-refractivity contribution in [1.29, 1.82) is 0 Å². The molecule has 0 heterocycles. The molecule has 0 saturated carbocycles. The van der Waals surface area contributed by atoms with E-state index >= 15 is 0 Å². The Balaban J connectivity index is 3.98. The van der Waals surface area contributed by atoms with Crippen LogP contribution in [-0.2, 0) is 9.53 Å². The maximum absolute atomic E-state index is 11.2. The van der Waals surface area contributed by atoms with Gasteiger partial charge >= 0.3 is 5.97 Å². The van der Waals surface area contributed by atoms with Crippen molar-refractivity contribution in [2.75, 3.05) is 0 Å². The van der Waals surface area contributed by atoms with Crippen LogP contribution in [0.2, 0.25) is 0 Å². The van der Waals surface area contributed by atoms with Crippen LogP contribution in [0.5, 0.6) is 0 Å². The first-order valence-electron chi connectivity index (χ1n) is 5.43. The number of allylic oxidation sites excluding steroid dienone is 3. The number of ether oxygens (including phenoxy) is 1. The lowest BCUT2D eigenvalue weighted by molar-refractivity contribution is -0.141. The molecule has 0 amide bonds. The molecule has 0 aromatic rings. The third-order valence-corrected chi connectivity index (χ3v) is 1.81. The number of carbonyl (C=O) groups is 1. The minimum atomic E-state index is -0.236. The van der Waals surface area contributed by atoms with Crippen LogP contribution in [0.15, 0.2) is 23.3 Å². The Bertz CT molecular complexity index is 256. The van der Waals surface area contributed by atoms with Gasteiger partial charge in [0.25, 0.3) is 0 Å². The molecule has 2 nitrogen and oxygen atoms in total. The predicted molar refractivity (Wildman–Crippen MR) is 63.7 cm³/mol. The molecule has 86 valence electrons. The molecule has 2 heteroatoms. The van der Waals surface area contributed by atoms with Gasteiger partial charge in [-0.2, -0.15) is 0 Å². The van der Waals surface area contributed by atoms with Gasteiger partial charge in [0, 0.05) is 6.08 Å². The predicted octanol–water partition coefficient (Wildman–Crippen LogP) is 3.63. The van der Waals surface area contributed by atoms with Crippen LogP contribution in [0.25, 0.3) is 0 Å². The first-order valence-corrected chi connectivity index (χ1v) is 5.43. The summed E-state index contributed by atoms with van der Waals surface area (Å²) in [6, 6.07) is 0. The topological polar surface area (TPSA) is 26.3 Å². The molecular weight excluding hydrogens is 188 g/mol. The first kappa shape index (κ1) is 13.9. The third-order valence-electron chi connectivity index (χ3n) is 1.81. The highest BCUT2D eigenvalue weighted by Gasteiger charge is 2.01. The van der Waals surface area contributed by atoms with Gasteiger partial charge < -0.3 is 4.74 Å². The Labute approximate surface area is 93.0 Å². The molecule has 0 fully saturated rings. The highest BCUT2D eigenvalue weighted by molar-refractivity contribution is 5.82. The lowest BCUT2D eigenvalue weighted by Gasteiger charge is -2.05. The van der Waals surface area contributed by atoms with E-state index in [1.807, 2.05) is 20.8 Å². The van der Waals surface area contributed by atoms with Gasteiger partial charge in [-0.05, 0) is 47.5 Å². The van der Waals surface area contributed by atoms with E-state index in [0.717, 1.165) is 18.4 Å². The normalized spacial score (nSPS) is 11.5.